The number of rotatable bonds is 7. The number of fused-ring (bicyclic) bond motifs is 2. The van der Waals surface area contributed by atoms with E-state index in [0.29, 0.717) is 5.92 Å². The van der Waals surface area contributed by atoms with Gasteiger partial charge in [-0.1, -0.05) is 61.9 Å². The molecule has 1 aliphatic heterocycles. The molecule has 3 aromatic carbocycles. The van der Waals surface area contributed by atoms with Crippen LogP contribution >= 0.6 is 0 Å². The lowest BCUT2D eigenvalue weighted by atomic mass is 9.96. The summed E-state index contributed by atoms with van der Waals surface area (Å²) in [6.45, 7) is 6.58. The highest BCUT2D eigenvalue weighted by molar-refractivity contribution is 5.85. The lowest BCUT2D eigenvalue weighted by Gasteiger charge is -2.32. The summed E-state index contributed by atoms with van der Waals surface area (Å²) in [4.78, 5) is 10.8. The van der Waals surface area contributed by atoms with Crippen molar-refractivity contribution in [2.75, 3.05) is 25.0 Å². The largest absolute Gasteiger partial charge is 0.356 e. The molecule has 4 aromatic rings. The summed E-state index contributed by atoms with van der Waals surface area (Å²) in [7, 11) is 0. The zero-order chi connectivity index (χ0) is 21.0. The van der Waals surface area contributed by atoms with Gasteiger partial charge in [-0.15, -0.1) is 0 Å². The molecule has 0 bridgehead atoms. The zero-order valence-electron chi connectivity index (χ0n) is 18.4. The fourth-order valence-electron chi connectivity index (χ4n) is 4.85. The summed E-state index contributed by atoms with van der Waals surface area (Å²) < 4.78 is 0. The molecule has 4 heteroatoms. The quantitative estimate of drug-likeness (QED) is 0.392. The molecule has 0 saturated carbocycles. The van der Waals surface area contributed by atoms with E-state index in [2.05, 4.69) is 82.8 Å². The van der Waals surface area contributed by atoms with Crippen molar-refractivity contribution >= 4 is 27.8 Å². The van der Waals surface area contributed by atoms with Crippen LogP contribution in [0.2, 0.25) is 0 Å². The summed E-state index contributed by atoms with van der Waals surface area (Å²) in [6.07, 6.45) is 4.76. The van der Waals surface area contributed by atoms with Crippen molar-refractivity contribution in [2.24, 2.45) is 5.92 Å². The van der Waals surface area contributed by atoms with Crippen LogP contribution in [-0.2, 0) is 13.0 Å². The number of hydrogen-bond donors (Lipinski definition) is 2. The number of aromatic amines is 1. The average Bonchev–Trinajstić information content (AvgIpc) is 3.21. The van der Waals surface area contributed by atoms with Crippen molar-refractivity contribution < 1.29 is 0 Å². The van der Waals surface area contributed by atoms with Gasteiger partial charge in [-0.2, -0.15) is 0 Å². The molecule has 1 fully saturated rings. The second-order valence-corrected chi connectivity index (χ2v) is 8.93. The number of imidazole rings is 1. The molecular weight excluding hydrogens is 380 g/mol. The number of hydrogen-bond acceptors (Lipinski definition) is 3. The van der Waals surface area contributed by atoms with E-state index in [1.807, 2.05) is 0 Å². The van der Waals surface area contributed by atoms with Crippen LogP contribution in [0.25, 0.3) is 21.8 Å². The number of nitrogens with one attached hydrogen (secondary N) is 2. The third-order valence-corrected chi connectivity index (χ3v) is 6.62. The fourth-order valence-corrected chi connectivity index (χ4v) is 4.85. The lowest BCUT2D eigenvalue weighted by molar-refractivity contribution is 0.183. The molecular formula is C27H32N4. The van der Waals surface area contributed by atoms with Gasteiger partial charge in [0.1, 0.15) is 0 Å². The van der Waals surface area contributed by atoms with Crippen LogP contribution in [0.1, 0.15) is 37.3 Å². The minimum atomic E-state index is 0.702. The molecule has 0 amide bonds. The number of likely N-dealkylation sites (tertiary alicyclic amines) is 1. The van der Waals surface area contributed by atoms with Crippen molar-refractivity contribution in [1.29, 1.82) is 0 Å². The molecule has 4 nitrogen and oxygen atoms in total. The number of benzene rings is 3. The van der Waals surface area contributed by atoms with Crippen LogP contribution in [0.15, 0.2) is 60.7 Å². The van der Waals surface area contributed by atoms with Gasteiger partial charge in [-0.05, 0) is 72.3 Å². The van der Waals surface area contributed by atoms with Gasteiger partial charge in [0.05, 0.1) is 11.0 Å². The maximum Gasteiger partial charge on any atom is 0.201 e. The first-order valence-electron chi connectivity index (χ1n) is 11.7. The van der Waals surface area contributed by atoms with E-state index in [-0.39, 0.29) is 0 Å². The molecule has 0 unspecified atom stereocenters. The normalized spacial score (nSPS) is 15.6. The number of aryl methyl sites for hydroxylation is 1. The van der Waals surface area contributed by atoms with Crippen molar-refractivity contribution in [3.05, 3.63) is 71.8 Å². The van der Waals surface area contributed by atoms with E-state index in [9.17, 15) is 0 Å². The first kappa shape index (κ1) is 20.1. The summed E-state index contributed by atoms with van der Waals surface area (Å²) in [5.74, 6) is 1.61. The number of piperidine rings is 1. The van der Waals surface area contributed by atoms with E-state index in [1.165, 1.54) is 41.2 Å². The van der Waals surface area contributed by atoms with Crippen molar-refractivity contribution in [3.8, 4) is 0 Å². The number of aromatic nitrogens is 2. The minimum absolute atomic E-state index is 0.702. The van der Waals surface area contributed by atoms with Crippen LogP contribution in [0.5, 0.6) is 0 Å². The van der Waals surface area contributed by atoms with E-state index < -0.39 is 0 Å². The maximum atomic E-state index is 4.72. The number of H-pyrrole nitrogens is 1. The topological polar surface area (TPSA) is 44.0 Å². The highest BCUT2D eigenvalue weighted by Crippen LogP contribution is 2.24. The Hall–Kier alpha value is -2.85. The fraction of sp³-hybridized carbons (Fsp3) is 0.370. The lowest BCUT2D eigenvalue weighted by Crippen LogP contribution is -2.35. The first-order valence-corrected chi connectivity index (χ1v) is 11.7. The van der Waals surface area contributed by atoms with Crippen molar-refractivity contribution in [2.45, 2.75) is 39.2 Å². The predicted octanol–water partition coefficient (Wildman–Crippen LogP) is 5.99. The van der Waals surface area contributed by atoms with E-state index in [0.717, 1.165) is 49.6 Å². The molecule has 0 radical (unpaired) electrons. The molecule has 160 valence electrons. The molecule has 1 aliphatic rings. The minimum Gasteiger partial charge on any atom is -0.356 e. The monoisotopic (exact) mass is 412 g/mol. The SMILES string of the molecule is CCCc1ccc2nc(NCC3CCN(Cc4cccc5ccccc45)CC3)[nH]c2c1. The second-order valence-electron chi connectivity index (χ2n) is 8.93. The summed E-state index contributed by atoms with van der Waals surface area (Å²) in [5.41, 5.74) is 5.01. The van der Waals surface area contributed by atoms with Crippen molar-refractivity contribution in [1.82, 2.24) is 14.9 Å². The molecule has 2 heterocycles. The van der Waals surface area contributed by atoms with E-state index >= 15 is 0 Å². The predicted molar refractivity (Wildman–Crippen MR) is 131 cm³/mol. The molecule has 0 atom stereocenters. The molecule has 0 spiro atoms. The second kappa shape index (κ2) is 9.11. The van der Waals surface area contributed by atoms with Gasteiger partial charge in [-0.25, -0.2) is 4.98 Å². The Bertz CT molecular complexity index is 1150. The van der Waals surface area contributed by atoms with E-state index in [4.69, 9.17) is 4.98 Å². The van der Waals surface area contributed by atoms with Crippen LogP contribution in [0, 0.1) is 5.92 Å². The highest BCUT2D eigenvalue weighted by Gasteiger charge is 2.20. The standard InChI is InChI=1S/C27H32N4/c1-2-6-20-11-12-25-26(17-20)30-27(29-25)28-18-21-13-15-31(16-14-21)19-23-9-5-8-22-7-3-4-10-24(22)23/h3-5,7-12,17,21H,2,6,13-16,18-19H2,1H3,(H2,28,29,30). The zero-order valence-corrected chi connectivity index (χ0v) is 18.4. The first-order chi connectivity index (χ1) is 15.3. The van der Waals surface area contributed by atoms with Gasteiger partial charge < -0.3 is 10.3 Å². The molecule has 1 aromatic heterocycles. The van der Waals surface area contributed by atoms with Gasteiger partial charge in [0.15, 0.2) is 0 Å². The van der Waals surface area contributed by atoms with Crippen LogP contribution in [-0.4, -0.2) is 34.5 Å². The average molecular weight is 413 g/mol. The molecule has 5 rings (SSSR count). The molecule has 0 aliphatic carbocycles. The Morgan fingerprint density at radius 2 is 1.87 bits per heavy atom. The number of nitrogens with zero attached hydrogens (tertiary/aromatic N) is 2. The Labute approximate surface area is 184 Å². The summed E-state index contributed by atoms with van der Waals surface area (Å²) in [6, 6.07) is 22.0. The highest BCUT2D eigenvalue weighted by atomic mass is 15.1. The van der Waals surface area contributed by atoms with E-state index in [1.54, 1.807) is 0 Å². The van der Waals surface area contributed by atoms with Crippen LogP contribution < -0.4 is 5.32 Å². The van der Waals surface area contributed by atoms with Gasteiger partial charge in [0.2, 0.25) is 5.95 Å². The molecule has 2 N–H and O–H groups in total. The smallest absolute Gasteiger partial charge is 0.201 e. The van der Waals surface area contributed by atoms with Crippen LogP contribution in [0.4, 0.5) is 5.95 Å². The van der Waals surface area contributed by atoms with Gasteiger partial charge in [0.25, 0.3) is 0 Å². The van der Waals surface area contributed by atoms with Gasteiger partial charge in [-0.3, -0.25) is 4.90 Å². The van der Waals surface area contributed by atoms with Crippen LogP contribution in [0.3, 0.4) is 0 Å². The Balaban J connectivity index is 1.14. The third kappa shape index (κ3) is 4.59. The Morgan fingerprint density at radius 1 is 1.03 bits per heavy atom. The molecule has 31 heavy (non-hydrogen) atoms. The summed E-state index contributed by atoms with van der Waals surface area (Å²) >= 11 is 0. The summed E-state index contributed by atoms with van der Waals surface area (Å²) in [5, 5.41) is 6.29. The van der Waals surface area contributed by atoms with Gasteiger partial charge in [0, 0.05) is 13.1 Å². The Kier molecular flexibility index (Phi) is 5.90. The number of anilines is 1. The Morgan fingerprint density at radius 3 is 2.74 bits per heavy atom. The molecule has 1 saturated heterocycles. The van der Waals surface area contributed by atoms with Gasteiger partial charge >= 0.3 is 0 Å². The maximum absolute atomic E-state index is 4.72. The third-order valence-electron chi connectivity index (χ3n) is 6.62. The van der Waals surface area contributed by atoms with Crippen molar-refractivity contribution in [3.63, 3.8) is 0 Å².